The van der Waals surface area contributed by atoms with E-state index in [1.807, 2.05) is 6.07 Å². The highest BCUT2D eigenvalue weighted by atomic mass is 16.5. The molecule has 1 atom stereocenters. The molecule has 2 rings (SSSR count). The molecule has 4 heteroatoms. The van der Waals surface area contributed by atoms with Gasteiger partial charge in [0.05, 0.1) is 11.8 Å². The summed E-state index contributed by atoms with van der Waals surface area (Å²) in [6, 6.07) is 1.90. The standard InChI is InChI=1S/C9H14N2O2/c1-12-9-2-4-11(7-9)6-8-3-5-13-10-8/h3,5,9H,2,4,6-7H2,1H3/t9-/m0/s1. The van der Waals surface area contributed by atoms with Gasteiger partial charge < -0.3 is 9.26 Å². The summed E-state index contributed by atoms with van der Waals surface area (Å²) in [6.45, 7) is 2.96. The number of methoxy groups -OCH3 is 1. The van der Waals surface area contributed by atoms with Crippen molar-refractivity contribution < 1.29 is 9.26 Å². The number of hydrogen-bond donors (Lipinski definition) is 0. The van der Waals surface area contributed by atoms with Crippen LogP contribution in [0.15, 0.2) is 16.9 Å². The smallest absolute Gasteiger partial charge is 0.124 e. The van der Waals surface area contributed by atoms with E-state index in [2.05, 4.69) is 10.1 Å². The Hall–Kier alpha value is -0.870. The van der Waals surface area contributed by atoms with Crippen molar-refractivity contribution in [1.82, 2.24) is 10.1 Å². The molecule has 4 nitrogen and oxygen atoms in total. The van der Waals surface area contributed by atoms with E-state index in [9.17, 15) is 0 Å². The molecule has 1 fully saturated rings. The highest BCUT2D eigenvalue weighted by molar-refractivity contribution is 4.96. The van der Waals surface area contributed by atoms with Crippen LogP contribution in [0.4, 0.5) is 0 Å². The zero-order valence-corrected chi connectivity index (χ0v) is 7.77. The fourth-order valence-corrected chi connectivity index (χ4v) is 1.68. The van der Waals surface area contributed by atoms with E-state index >= 15 is 0 Å². The lowest BCUT2D eigenvalue weighted by atomic mass is 10.3. The van der Waals surface area contributed by atoms with Crippen LogP contribution in [0.5, 0.6) is 0 Å². The van der Waals surface area contributed by atoms with Gasteiger partial charge in [-0.2, -0.15) is 0 Å². The van der Waals surface area contributed by atoms with Crippen LogP contribution < -0.4 is 0 Å². The van der Waals surface area contributed by atoms with Gasteiger partial charge in [0, 0.05) is 32.8 Å². The number of rotatable bonds is 3. The zero-order chi connectivity index (χ0) is 9.10. The van der Waals surface area contributed by atoms with Crippen LogP contribution in [0.1, 0.15) is 12.1 Å². The van der Waals surface area contributed by atoms with E-state index in [0.29, 0.717) is 6.10 Å². The van der Waals surface area contributed by atoms with Gasteiger partial charge in [0.15, 0.2) is 0 Å². The predicted molar refractivity (Wildman–Crippen MR) is 47.2 cm³/mol. The molecule has 0 radical (unpaired) electrons. The first-order valence-corrected chi connectivity index (χ1v) is 4.53. The Labute approximate surface area is 77.5 Å². The first-order valence-electron chi connectivity index (χ1n) is 4.53. The minimum Gasteiger partial charge on any atom is -0.380 e. The van der Waals surface area contributed by atoms with E-state index in [0.717, 1.165) is 31.7 Å². The molecular weight excluding hydrogens is 168 g/mol. The van der Waals surface area contributed by atoms with Crippen LogP contribution in [-0.4, -0.2) is 36.4 Å². The molecule has 72 valence electrons. The average molecular weight is 182 g/mol. The first-order chi connectivity index (χ1) is 6.38. The van der Waals surface area contributed by atoms with Crippen LogP contribution in [0.25, 0.3) is 0 Å². The molecule has 0 spiro atoms. The lowest BCUT2D eigenvalue weighted by Gasteiger charge is -2.12. The maximum atomic E-state index is 5.28. The molecule has 13 heavy (non-hydrogen) atoms. The summed E-state index contributed by atoms with van der Waals surface area (Å²) >= 11 is 0. The molecule has 0 aliphatic carbocycles. The first kappa shape index (κ1) is 8.72. The molecule has 2 heterocycles. The van der Waals surface area contributed by atoms with Gasteiger partial charge in [0.25, 0.3) is 0 Å². The SMILES string of the molecule is CO[C@H]1CCN(Cc2ccon2)C1. The summed E-state index contributed by atoms with van der Waals surface area (Å²) in [7, 11) is 1.77. The van der Waals surface area contributed by atoms with Crippen LogP contribution in [-0.2, 0) is 11.3 Å². The van der Waals surface area contributed by atoms with Crippen LogP contribution in [0.3, 0.4) is 0 Å². The van der Waals surface area contributed by atoms with Gasteiger partial charge in [-0.3, -0.25) is 4.90 Å². The monoisotopic (exact) mass is 182 g/mol. The second kappa shape index (κ2) is 3.89. The second-order valence-electron chi connectivity index (χ2n) is 3.37. The van der Waals surface area contributed by atoms with Crippen LogP contribution >= 0.6 is 0 Å². The lowest BCUT2D eigenvalue weighted by molar-refractivity contribution is 0.107. The summed E-state index contributed by atoms with van der Waals surface area (Å²) in [5.41, 5.74) is 0.997. The Morgan fingerprint density at radius 3 is 3.31 bits per heavy atom. The van der Waals surface area contributed by atoms with Crippen LogP contribution in [0, 0.1) is 0 Å². The molecule has 0 saturated carbocycles. The molecule has 0 amide bonds. The van der Waals surface area contributed by atoms with Gasteiger partial charge >= 0.3 is 0 Å². The molecule has 1 aromatic rings. The van der Waals surface area contributed by atoms with E-state index < -0.39 is 0 Å². The Morgan fingerprint density at radius 1 is 1.77 bits per heavy atom. The predicted octanol–water partition coefficient (Wildman–Crippen LogP) is 0.895. The summed E-state index contributed by atoms with van der Waals surface area (Å²) in [6.07, 6.45) is 3.13. The minimum absolute atomic E-state index is 0.395. The number of likely N-dealkylation sites (tertiary alicyclic amines) is 1. The lowest BCUT2D eigenvalue weighted by Crippen LogP contribution is -2.22. The fourth-order valence-electron chi connectivity index (χ4n) is 1.68. The summed E-state index contributed by atoms with van der Waals surface area (Å²) < 4.78 is 10.0. The third-order valence-electron chi connectivity index (χ3n) is 2.44. The van der Waals surface area contributed by atoms with E-state index in [-0.39, 0.29) is 0 Å². The summed E-state index contributed by atoms with van der Waals surface area (Å²) in [5, 5.41) is 3.87. The molecule has 1 saturated heterocycles. The number of aromatic nitrogens is 1. The fraction of sp³-hybridized carbons (Fsp3) is 0.667. The largest absolute Gasteiger partial charge is 0.380 e. The third kappa shape index (κ3) is 2.08. The quantitative estimate of drug-likeness (QED) is 0.696. The van der Waals surface area contributed by atoms with Gasteiger partial charge in [0.1, 0.15) is 6.26 Å². The van der Waals surface area contributed by atoms with Crippen LogP contribution in [0.2, 0.25) is 0 Å². The maximum Gasteiger partial charge on any atom is 0.124 e. The topological polar surface area (TPSA) is 38.5 Å². The van der Waals surface area contributed by atoms with E-state index in [4.69, 9.17) is 9.26 Å². The van der Waals surface area contributed by atoms with Gasteiger partial charge in [-0.1, -0.05) is 5.16 Å². The van der Waals surface area contributed by atoms with Crippen molar-refractivity contribution in [2.45, 2.75) is 19.1 Å². The van der Waals surface area contributed by atoms with Crippen molar-refractivity contribution in [2.75, 3.05) is 20.2 Å². The average Bonchev–Trinajstić information content (AvgIpc) is 2.76. The molecule has 0 bridgehead atoms. The van der Waals surface area contributed by atoms with Crippen molar-refractivity contribution in [1.29, 1.82) is 0 Å². The zero-order valence-electron chi connectivity index (χ0n) is 7.77. The molecule has 0 N–H and O–H groups in total. The second-order valence-corrected chi connectivity index (χ2v) is 3.37. The van der Waals surface area contributed by atoms with Crippen molar-refractivity contribution in [3.8, 4) is 0 Å². The van der Waals surface area contributed by atoms with Crippen molar-refractivity contribution in [3.63, 3.8) is 0 Å². The Kier molecular flexibility index (Phi) is 2.61. The normalized spacial score (nSPS) is 23.9. The van der Waals surface area contributed by atoms with Gasteiger partial charge in [-0.05, 0) is 6.42 Å². The van der Waals surface area contributed by atoms with E-state index in [1.165, 1.54) is 0 Å². The highest BCUT2D eigenvalue weighted by Gasteiger charge is 2.22. The maximum absolute atomic E-state index is 5.28. The molecule has 1 aliphatic heterocycles. The molecule has 0 aromatic carbocycles. The number of nitrogens with zero attached hydrogens (tertiary/aromatic N) is 2. The molecule has 0 unspecified atom stereocenters. The molecular formula is C9H14N2O2. The Balaban J connectivity index is 1.84. The number of hydrogen-bond acceptors (Lipinski definition) is 4. The van der Waals surface area contributed by atoms with Gasteiger partial charge in [-0.15, -0.1) is 0 Å². The molecule has 1 aliphatic rings. The van der Waals surface area contributed by atoms with Crippen molar-refractivity contribution in [3.05, 3.63) is 18.0 Å². The third-order valence-corrected chi connectivity index (χ3v) is 2.44. The van der Waals surface area contributed by atoms with E-state index in [1.54, 1.807) is 13.4 Å². The van der Waals surface area contributed by atoms with Gasteiger partial charge in [0.2, 0.25) is 0 Å². The number of ether oxygens (including phenoxy) is 1. The van der Waals surface area contributed by atoms with Crippen molar-refractivity contribution >= 4 is 0 Å². The minimum atomic E-state index is 0.395. The summed E-state index contributed by atoms with van der Waals surface area (Å²) in [4.78, 5) is 2.33. The van der Waals surface area contributed by atoms with Crippen molar-refractivity contribution in [2.24, 2.45) is 0 Å². The van der Waals surface area contributed by atoms with Gasteiger partial charge in [-0.25, -0.2) is 0 Å². The Morgan fingerprint density at radius 2 is 2.69 bits per heavy atom. The highest BCUT2D eigenvalue weighted by Crippen LogP contribution is 2.14. The Bertz CT molecular complexity index is 248. The molecule has 1 aromatic heterocycles. The summed E-state index contributed by atoms with van der Waals surface area (Å²) in [5.74, 6) is 0.